The lowest BCUT2D eigenvalue weighted by Crippen LogP contribution is -2.18. The molecule has 0 unspecified atom stereocenters. The molecule has 0 radical (unpaired) electrons. The van der Waals surface area contributed by atoms with E-state index in [-0.39, 0.29) is 0 Å². The van der Waals surface area contributed by atoms with Crippen LogP contribution in [0, 0.1) is 0 Å². The summed E-state index contributed by atoms with van der Waals surface area (Å²) in [7, 11) is 0. The average Bonchev–Trinajstić information content (AvgIpc) is 2.49. The van der Waals surface area contributed by atoms with E-state index in [0.717, 1.165) is 11.4 Å². The van der Waals surface area contributed by atoms with E-state index in [1.807, 2.05) is 48.8 Å². The van der Waals surface area contributed by atoms with Gasteiger partial charge in [0, 0.05) is 12.4 Å². The third-order valence-corrected chi connectivity index (χ3v) is 2.91. The number of benzene rings is 2. The Morgan fingerprint density at radius 3 is 1.22 bits per heavy atom. The summed E-state index contributed by atoms with van der Waals surface area (Å²) in [6.45, 7) is 0. The van der Waals surface area contributed by atoms with Crippen LogP contribution >= 0.6 is 0 Å². The smallest absolute Gasteiger partial charge is 0.0616 e. The van der Waals surface area contributed by atoms with Crippen molar-refractivity contribution in [2.45, 2.75) is 0 Å². The second kappa shape index (κ2) is 4.80. The molecule has 0 aromatic heterocycles. The topological polar surface area (TPSA) is 24.1 Å². The van der Waals surface area contributed by atoms with Crippen molar-refractivity contribution in [2.24, 2.45) is 0 Å². The van der Waals surface area contributed by atoms with E-state index >= 15 is 0 Å². The van der Waals surface area contributed by atoms with Crippen LogP contribution in [0.5, 0.6) is 0 Å². The van der Waals surface area contributed by atoms with Crippen LogP contribution in [0.25, 0.3) is 11.4 Å². The molecule has 2 aromatic rings. The maximum Gasteiger partial charge on any atom is 0.0616 e. The standard InChI is InChI=1S/C16H14N2/c1-3-7-13(8-4-1)15-11-18-16(12-17-15)14-9-5-2-6-10-14/h1-12,17-18H. The summed E-state index contributed by atoms with van der Waals surface area (Å²) in [4.78, 5) is 0. The Balaban J connectivity index is 1.79. The quantitative estimate of drug-likeness (QED) is 0.834. The molecule has 0 amide bonds. The molecule has 88 valence electrons. The molecule has 0 bridgehead atoms. The number of hydrogen-bond acceptors (Lipinski definition) is 2. The normalized spacial score (nSPS) is 14.0. The van der Waals surface area contributed by atoms with Crippen LogP contribution < -0.4 is 10.6 Å². The van der Waals surface area contributed by atoms with E-state index in [2.05, 4.69) is 34.9 Å². The molecule has 0 saturated carbocycles. The van der Waals surface area contributed by atoms with Crippen molar-refractivity contribution < 1.29 is 0 Å². The van der Waals surface area contributed by atoms with Crippen molar-refractivity contribution in [3.63, 3.8) is 0 Å². The Kier molecular flexibility index (Phi) is 2.84. The van der Waals surface area contributed by atoms with Crippen molar-refractivity contribution in [2.75, 3.05) is 0 Å². The van der Waals surface area contributed by atoms with Gasteiger partial charge in [-0.2, -0.15) is 0 Å². The third kappa shape index (κ3) is 2.13. The molecular weight excluding hydrogens is 220 g/mol. The van der Waals surface area contributed by atoms with E-state index in [4.69, 9.17) is 0 Å². The van der Waals surface area contributed by atoms with Gasteiger partial charge in [-0.1, -0.05) is 60.7 Å². The van der Waals surface area contributed by atoms with Gasteiger partial charge in [0.1, 0.15) is 0 Å². The highest BCUT2D eigenvalue weighted by molar-refractivity contribution is 5.74. The van der Waals surface area contributed by atoms with Crippen LogP contribution in [0.15, 0.2) is 73.1 Å². The van der Waals surface area contributed by atoms with Gasteiger partial charge >= 0.3 is 0 Å². The molecule has 0 fully saturated rings. The monoisotopic (exact) mass is 234 g/mol. The maximum atomic E-state index is 3.32. The first kappa shape index (κ1) is 10.7. The van der Waals surface area contributed by atoms with E-state index in [1.54, 1.807) is 0 Å². The van der Waals surface area contributed by atoms with E-state index in [1.165, 1.54) is 11.1 Å². The Morgan fingerprint density at radius 1 is 0.500 bits per heavy atom. The summed E-state index contributed by atoms with van der Waals surface area (Å²) in [5, 5.41) is 6.64. The van der Waals surface area contributed by atoms with E-state index in [0.29, 0.717) is 0 Å². The zero-order chi connectivity index (χ0) is 12.2. The molecule has 18 heavy (non-hydrogen) atoms. The Hall–Kier alpha value is -2.48. The molecule has 0 spiro atoms. The van der Waals surface area contributed by atoms with Crippen LogP contribution in [-0.4, -0.2) is 0 Å². The molecule has 1 heterocycles. The predicted octanol–water partition coefficient (Wildman–Crippen LogP) is 3.18. The van der Waals surface area contributed by atoms with Gasteiger partial charge in [0.25, 0.3) is 0 Å². The molecule has 0 atom stereocenters. The molecule has 1 aliphatic heterocycles. The minimum atomic E-state index is 1.08. The van der Waals surface area contributed by atoms with Crippen molar-refractivity contribution >= 4 is 11.4 Å². The van der Waals surface area contributed by atoms with E-state index in [9.17, 15) is 0 Å². The van der Waals surface area contributed by atoms with Crippen LogP contribution in [0.4, 0.5) is 0 Å². The zero-order valence-corrected chi connectivity index (χ0v) is 9.93. The van der Waals surface area contributed by atoms with Gasteiger partial charge in [-0.15, -0.1) is 0 Å². The highest BCUT2D eigenvalue weighted by Crippen LogP contribution is 2.17. The van der Waals surface area contributed by atoms with Gasteiger partial charge in [-0.05, 0) is 11.1 Å². The van der Waals surface area contributed by atoms with E-state index < -0.39 is 0 Å². The lowest BCUT2D eigenvalue weighted by atomic mass is 10.1. The number of nitrogens with one attached hydrogen (secondary N) is 2. The van der Waals surface area contributed by atoms with Crippen molar-refractivity contribution in [1.29, 1.82) is 0 Å². The maximum absolute atomic E-state index is 3.32. The van der Waals surface area contributed by atoms with Crippen LogP contribution in [-0.2, 0) is 0 Å². The molecule has 3 rings (SSSR count). The molecule has 0 saturated heterocycles. The zero-order valence-electron chi connectivity index (χ0n) is 9.93. The summed E-state index contributed by atoms with van der Waals surface area (Å²) in [5.74, 6) is 0. The Labute approximate surface area is 107 Å². The number of hydrogen-bond donors (Lipinski definition) is 2. The minimum absolute atomic E-state index is 1.08. The van der Waals surface area contributed by atoms with Crippen molar-refractivity contribution in [1.82, 2.24) is 10.6 Å². The van der Waals surface area contributed by atoms with Gasteiger partial charge in [-0.25, -0.2) is 0 Å². The van der Waals surface area contributed by atoms with Crippen molar-refractivity contribution in [3.8, 4) is 0 Å². The van der Waals surface area contributed by atoms with Crippen LogP contribution in [0.2, 0.25) is 0 Å². The van der Waals surface area contributed by atoms with Gasteiger partial charge < -0.3 is 10.6 Å². The van der Waals surface area contributed by atoms with Gasteiger partial charge in [-0.3, -0.25) is 0 Å². The highest BCUT2D eigenvalue weighted by atomic mass is 15.0. The molecule has 2 N–H and O–H groups in total. The Bertz CT molecular complexity index is 528. The summed E-state index contributed by atoms with van der Waals surface area (Å²) < 4.78 is 0. The average molecular weight is 234 g/mol. The number of rotatable bonds is 2. The summed E-state index contributed by atoms with van der Waals surface area (Å²) in [6, 6.07) is 20.5. The fourth-order valence-electron chi connectivity index (χ4n) is 1.95. The summed E-state index contributed by atoms with van der Waals surface area (Å²) >= 11 is 0. The lowest BCUT2D eigenvalue weighted by molar-refractivity contribution is 1.08. The van der Waals surface area contributed by atoms with Gasteiger partial charge in [0.2, 0.25) is 0 Å². The first-order chi connectivity index (χ1) is 8.93. The fraction of sp³-hybridized carbons (Fsp3) is 0. The lowest BCUT2D eigenvalue weighted by Gasteiger charge is -2.17. The molecule has 2 nitrogen and oxygen atoms in total. The molecule has 0 aliphatic carbocycles. The second-order valence-corrected chi connectivity index (χ2v) is 4.14. The first-order valence-corrected chi connectivity index (χ1v) is 5.98. The fourth-order valence-corrected chi connectivity index (χ4v) is 1.95. The molecule has 1 aliphatic rings. The van der Waals surface area contributed by atoms with Crippen molar-refractivity contribution in [3.05, 3.63) is 84.2 Å². The van der Waals surface area contributed by atoms with Crippen LogP contribution in [0.1, 0.15) is 11.1 Å². The summed E-state index contributed by atoms with van der Waals surface area (Å²) in [5.41, 5.74) is 4.51. The van der Waals surface area contributed by atoms with Crippen LogP contribution in [0.3, 0.4) is 0 Å². The van der Waals surface area contributed by atoms with Gasteiger partial charge in [0.15, 0.2) is 0 Å². The molecule has 2 heteroatoms. The van der Waals surface area contributed by atoms with Gasteiger partial charge in [0.05, 0.1) is 11.4 Å². The molecular formula is C16H14N2. The molecule has 2 aromatic carbocycles. The Morgan fingerprint density at radius 2 is 0.889 bits per heavy atom. The highest BCUT2D eigenvalue weighted by Gasteiger charge is 2.07. The largest absolute Gasteiger partial charge is 0.358 e. The second-order valence-electron chi connectivity index (χ2n) is 4.14. The summed E-state index contributed by atoms with van der Waals surface area (Å²) in [6.07, 6.45) is 4.00. The third-order valence-electron chi connectivity index (χ3n) is 2.91. The SMILES string of the molecule is C1=C(c2ccccc2)NC=C(c2ccccc2)N1. The predicted molar refractivity (Wildman–Crippen MR) is 75.1 cm³/mol. The minimum Gasteiger partial charge on any atom is -0.358 e. The first-order valence-electron chi connectivity index (χ1n) is 5.98.